The van der Waals surface area contributed by atoms with Crippen molar-refractivity contribution in [2.45, 2.75) is 284 Å². The topological polar surface area (TPSA) is 78.9 Å². The minimum absolute atomic E-state index is 0.0685. The third-order valence-electron chi connectivity index (χ3n) is 11.8. The average molecular weight is 883 g/mol. The molecule has 0 saturated heterocycles. The molecule has 0 amide bonds. The lowest BCUT2D eigenvalue weighted by Gasteiger charge is -2.18. The number of esters is 3. The van der Waals surface area contributed by atoms with Crippen LogP contribution in [0.15, 0.2) is 48.6 Å². The maximum Gasteiger partial charge on any atom is 0.306 e. The van der Waals surface area contributed by atoms with Crippen LogP contribution in [0.4, 0.5) is 0 Å². The van der Waals surface area contributed by atoms with Gasteiger partial charge in [0.15, 0.2) is 6.10 Å². The molecule has 0 rings (SSSR count). The van der Waals surface area contributed by atoms with Crippen molar-refractivity contribution in [2.24, 2.45) is 0 Å². The van der Waals surface area contributed by atoms with E-state index in [1.807, 2.05) is 0 Å². The van der Waals surface area contributed by atoms with E-state index in [4.69, 9.17) is 14.2 Å². The standard InChI is InChI=1S/C57H102O6/c1-4-7-10-13-16-17-18-19-20-21-22-23-24-25-26-27-28-29-30-31-32-33-34-35-36-37-38-39-42-44-47-50-56(59)62-53-54(63-57(60)51-48-45-41-15-12-9-6-3)52-61-55(58)49-46-43-40-14-11-8-5-2/h7,10,16-17,19-20,22-23,54H,4-6,8-9,11-15,18,21,24-53H2,1-3H3/b10-7-,17-16-,20-19-,23-22-. The summed E-state index contributed by atoms with van der Waals surface area (Å²) in [5, 5.41) is 0. The molecule has 0 aliphatic heterocycles. The van der Waals surface area contributed by atoms with E-state index in [9.17, 15) is 14.4 Å². The Bertz CT molecular complexity index is 1110. The van der Waals surface area contributed by atoms with Crippen LogP contribution in [-0.4, -0.2) is 37.2 Å². The lowest BCUT2D eigenvalue weighted by atomic mass is 10.0. The van der Waals surface area contributed by atoms with Crippen molar-refractivity contribution in [3.63, 3.8) is 0 Å². The van der Waals surface area contributed by atoms with Gasteiger partial charge < -0.3 is 14.2 Å². The first kappa shape index (κ1) is 60.4. The maximum atomic E-state index is 12.6. The fourth-order valence-corrected chi connectivity index (χ4v) is 7.79. The number of carbonyl (C=O) groups is 3. The lowest BCUT2D eigenvalue weighted by molar-refractivity contribution is -0.167. The van der Waals surface area contributed by atoms with Crippen molar-refractivity contribution < 1.29 is 28.6 Å². The normalized spacial score (nSPS) is 12.4. The highest BCUT2D eigenvalue weighted by Crippen LogP contribution is 2.16. The molecule has 1 unspecified atom stereocenters. The van der Waals surface area contributed by atoms with Gasteiger partial charge >= 0.3 is 17.9 Å². The molecule has 0 aromatic carbocycles. The molecular formula is C57H102O6. The molecule has 1 atom stereocenters. The van der Waals surface area contributed by atoms with E-state index in [1.54, 1.807) is 0 Å². The SMILES string of the molecule is CC/C=C\C/C=C\C/C=C\C/C=C\CCCCCCCCCCCCCCCCCCCCC(=O)OCC(COC(=O)CCCCCCCCC)OC(=O)CCCCCCCCC. The fraction of sp³-hybridized carbons (Fsp3) is 0.807. The van der Waals surface area contributed by atoms with Gasteiger partial charge in [-0.3, -0.25) is 14.4 Å². The number of unbranched alkanes of at least 4 members (excludes halogenated alkanes) is 30. The zero-order valence-corrected chi connectivity index (χ0v) is 41.8. The summed E-state index contributed by atoms with van der Waals surface area (Å²) in [6, 6.07) is 0. The largest absolute Gasteiger partial charge is 0.462 e. The number of allylic oxidation sites excluding steroid dienone is 8. The highest BCUT2D eigenvalue weighted by molar-refractivity contribution is 5.71. The number of hydrogen-bond donors (Lipinski definition) is 0. The monoisotopic (exact) mass is 883 g/mol. The van der Waals surface area contributed by atoms with Crippen molar-refractivity contribution in [3.05, 3.63) is 48.6 Å². The van der Waals surface area contributed by atoms with Gasteiger partial charge in [0.05, 0.1) is 0 Å². The van der Waals surface area contributed by atoms with Gasteiger partial charge in [-0.15, -0.1) is 0 Å². The molecule has 63 heavy (non-hydrogen) atoms. The van der Waals surface area contributed by atoms with Crippen LogP contribution in [0.3, 0.4) is 0 Å². The molecule has 0 aromatic rings. The molecule has 0 N–H and O–H groups in total. The zero-order valence-electron chi connectivity index (χ0n) is 41.8. The molecule has 0 heterocycles. The fourth-order valence-electron chi connectivity index (χ4n) is 7.79. The van der Waals surface area contributed by atoms with E-state index in [2.05, 4.69) is 69.4 Å². The van der Waals surface area contributed by atoms with Crippen LogP contribution in [0.2, 0.25) is 0 Å². The summed E-state index contributed by atoms with van der Waals surface area (Å²) in [6.07, 6.45) is 63.1. The smallest absolute Gasteiger partial charge is 0.306 e. The molecule has 0 bridgehead atoms. The summed E-state index contributed by atoms with van der Waals surface area (Å²) < 4.78 is 16.6. The molecule has 366 valence electrons. The third-order valence-corrected chi connectivity index (χ3v) is 11.8. The van der Waals surface area contributed by atoms with E-state index in [1.165, 1.54) is 154 Å². The van der Waals surface area contributed by atoms with E-state index < -0.39 is 6.10 Å². The van der Waals surface area contributed by atoms with Crippen molar-refractivity contribution in [1.82, 2.24) is 0 Å². The minimum atomic E-state index is -0.762. The molecule has 0 saturated carbocycles. The van der Waals surface area contributed by atoms with Crippen LogP contribution in [0, 0.1) is 0 Å². The molecule has 0 aliphatic carbocycles. The molecule has 6 nitrogen and oxygen atoms in total. The van der Waals surface area contributed by atoms with Crippen LogP contribution in [0.5, 0.6) is 0 Å². The quantitative estimate of drug-likeness (QED) is 0.0262. The molecular weight excluding hydrogens is 781 g/mol. The van der Waals surface area contributed by atoms with E-state index in [-0.39, 0.29) is 31.1 Å². The van der Waals surface area contributed by atoms with Gasteiger partial charge in [0.2, 0.25) is 0 Å². The summed E-state index contributed by atoms with van der Waals surface area (Å²) in [7, 11) is 0. The first-order valence-electron chi connectivity index (χ1n) is 27.1. The van der Waals surface area contributed by atoms with Crippen LogP contribution in [-0.2, 0) is 28.6 Å². The van der Waals surface area contributed by atoms with Gasteiger partial charge in [0, 0.05) is 19.3 Å². The third kappa shape index (κ3) is 50.2. The second-order valence-electron chi connectivity index (χ2n) is 18.1. The molecule has 0 fully saturated rings. The number of hydrogen-bond acceptors (Lipinski definition) is 6. The Morgan fingerprint density at radius 2 is 0.619 bits per heavy atom. The maximum absolute atomic E-state index is 12.6. The minimum Gasteiger partial charge on any atom is -0.462 e. The molecule has 0 aliphatic rings. The van der Waals surface area contributed by atoms with Crippen molar-refractivity contribution in [3.8, 4) is 0 Å². The summed E-state index contributed by atoms with van der Waals surface area (Å²) >= 11 is 0. The van der Waals surface area contributed by atoms with Gasteiger partial charge in [-0.2, -0.15) is 0 Å². The highest BCUT2D eigenvalue weighted by Gasteiger charge is 2.19. The first-order valence-corrected chi connectivity index (χ1v) is 27.1. The van der Waals surface area contributed by atoms with Gasteiger partial charge in [0.25, 0.3) is 0 Å². The first-order chi connectivity index (χ1) is 31.0. The van der Waals surface area contributed by atoms with E-state index in [0.717, 1.165) is 83.5 Å². The van der Waals surface area contributed by atoms with Gasteiger partial charge in [-0.25, -0.2) is 0 Å². The summed E-state index contributed by atoms with van der Waals surface area (Å²) in [6.45, 7) is 6.45. The molecule has 0 radical (unpaired) electrons. The highest BCUT2D eigenvalue weighted by atomic mass is 16.6. The zero-order chi connectivity index (χ0) is 45.8. The Morgan fingerprint density at radius 1 is 0.333 bits per heavy atom. The predicted octanol–water partition coefficient (Wildman–Crippen LogP) is 17.9. The van der Waals surface area contributed by atoms with Gasteiger partial charge in [0.1, 0.15) is 13.2 Å². The van der Waals surface area contributed by atoms with E-state index in [0.29, 0.717) is 19.3 Å². The Balaban J connectivity index is 3.87. The number of ether oxygens (including phenoxy) is 3. The van der Waals surface area contributed by atoms with Crippen molar-refractivity contribution in [1.29, 1.82) is 0 Å². The van der Waals surface area contributed by atoms with Crippen LogP contribution in [0.25, 0.3) is 0 Å². The van der Waals surface area contributed by atoms with Crippen LogP contribution < -0.4 is 0 Å². The van der Waals surface area contributed by atoms with Crippen molar-refractivity contribution >= 4 is 17.9 Å². The molecule has 0 spiro atoms. The Hall–Kier alpha value is -2.63. The van der Waals surface area contributed by atoms with Gasteiger partial charge in [-0.1, -0.05) is 249 Å². The second kappa shape index (κ2) is 52.0. The number of carbonyl (C=O) groups excluding carboxylic acids is 3. The Morgan fingerprint density at radius 3 is 0.968 bits per heavy atom. The van der Waals surface area contributed by atoms with Crippen LogP contribution in [0.1, 0.15) is 278 Å². The summed E-state index contributed by atoms with van der Waals surface area (Å²) in [5.74, 6) is -0.874. The Labute approximate surface area is 390 Å². The molecule has 6 heteroatoms. The summed E-state index contributed by atoms with van der Waals surface area (Å²) in [5.41, 5.74) is 0. The summed E-state index contributed by atoms with van der Waals surface area (Å²) in [4.78, 5) is 37.6. The van der Waals surface area contributed by atoms with Crippen molar-refractivity contribution in [2.75, 3.05) is 13.2 Å². The van der Waals surface area contributed by atoms with Gasteiger partial charge in [-0.05, 0) is 57.8 Å². The number of rotatable bonds is 49. The lowest BCUT2D eigenvalue weighted by Crippen LogP contribution is -2.30. The molecule has 0 aromatic heterocycles. The predicted molar refractivity (Wildman–Crippen MR) is 270 cm³/mol. The van der Waals surface area contributed by atoms with E-state index >= 15 is 0 Å². The van der Waals surface area contributed by atoms with Crippen LogP contribution >= 0.6 is 0 Å². The second-order valence-corrected chi connectivity index (χ2v) is 18.1. The average Bonchev–Trinajstić information content (AvgIpc) is 3.28. The Kier molecular flexibility index (Phi) is 49.8.